The van der Waals surface area contributed by atoms with Gasteiger partial charge in [-0.1, -0.05) is 192 Å². The van der Waals surface area contributed by atoms with Crippen molar-refractivity contribution in [3.05, 3.63) is 185 Å². The number of hydrogen-bond acceptors (Lipinski definition) is 1. The van der Waals surface area contributed by atoms with Crippen LogP contribution < -0.4 is 0 Å². The van der Waals surface area contributed by atoms with E-state index in [1.165, 1.54) is 147 Å². The van der Waals surface area contributed by atoms with Crippen LogP contribution in [0.25, 0.3) is 114 Å². The van der Waals surface area contributed by atoms with E-state index in [4.69, 9.17) is 0 Å². The Morgan fingerprint density at radius 3 is 1.11 bits per heavy atom. The molecular weight excluding hydrogens is 887 g/mol. The average Bonchev–Trinajstić information content (AvgIpc) is 4.02. The van der Waals surface area contributed by atoms with Gasteiger partial charge in [0.25, 0.3) is 0 Å². The van der Waals surface area contributed by atoms with Crippen molar-refractivity contribution >= 4 is 81.7 Å². The third kappa shape index (κ3) is 7.22. The van der Waals surface area contributed by atoms with Crippen molar-refractivity contribution in [2.75, 3.05) is 0 Å². The van der Waals surface area contributed by atoms with Gasteiger partial charge in [0.2, 0.25) is 0 Å². The van der Waals surface area contributed by atoms with Crippen LogP contribution in [0, 0.1) is 0 Å². The average molecular weight is 954 g/mol. The van der Waals surface area contributed by atoms with Gasteiger partial charge < -0.3 is 4.40 Å². The Kier molecular flexibility index (Phi) is 11.3. The summed E-state index contributed by atoms with van der Waals surface area (Å²) in [5, 5.41) is 13.1. The molecule has 0 spiro atoms. The molecule has 0 saturated carbocycles. The number of nitrogens with zero attached hydrogens (tertiary/aromatic N) is 1. The molecular formula is C70H67NS. The molecule has 0 aliphatic rings. The highest BCUT2D eigenvalue weighted by molar-refractivity contribution is 7.21. The lowest BCUT2D eigenvalue weighted by Gasteiger charge is -2.22. The molecule has 3 aromatic heterocycles. The van der Waals surface area contributed by atoms with Crippen LogP contribution >= 0.6 is 11.3 Å². The maximum atomic E-state index is 2.58. The zero-order valence-corrected chi connectivity index (χ0v) is 45.1. The van der Waals surface area contributed by atoms with Gasteiger partial charge in [0, 0.05) is 42.1 Å². The first kappa shape index (κ1) is 46.3. The zero-order chi connectivity index (χ0) is 50.0. The van der Waals surface area contributed by atoms with E-state index in [1.54, 1.807) is 0 Å². The second-order valence-electron chi connectivity index (χ2n) is 22.8. The molecule has 2 heteroatoms. The molecule has 3 heterocycles. The van der Waals surface area contributed by atoms with E-state index in [1.807, 2.05) is 11.3 Å². The largest absolute Gasteiger partial charge is 0.308 e. The van der Waals surface area contributed by atoms with Gasteiger partial charge in [-0.25, -0.2) is 0 Å². The number of hydrogen-bond donors (Lipinski definition) is 0. The molecule has 0 N–H and O–H groups in total. The van der Waals surface area contributed by atoms with Gasteiger partial charge in [-0.2, -0.15) is 0 Å². The molecule has 72 heavy (non-hydrogen) atoms. The lowest BCUT2D eigenvalue weighted by molar-refractivity contribution is 0.838. The molecule has 0 aliphatic carbocycles. The van der Waals surface area contributed by atoms with Gasteiger partial charge in [-0.3, -0.25) is 0 Å². The van der Waals surface area contributed by atoms with Crippen molar-refractivity contribution in [2.24, 2.45) is 0 Å². The second kappa shape index (κ2) is 17.5. The Morgan fingerprint density at radius 2 is 0.667 bits per heavy atom. The van der Waals surface area contributed by atoms with E-state index in [-0.39, 0.29) is 11.8 Å². The van der Waals surface area contributed by atoms with Crippen LogP contribution in [0.2, 0.25) is 0 Å². The van der Waals surface area contributed by atoms with Gasteiger partial charge in [0.1, 0.15) is 0 Å². The topological polar surface area (TPSA) is 4.41 Å². The summed E-state index contributed by atoms with van der Waals surface area (Å²) in [6.45, 7) is 28.5. The molecule has 358 valence electrons. The molecule has 0 bridgehead atoms. The number of rotatable bonds is 10. The summed E-state index contributed by atoms with van der Waals surface area (Å²) in [5.41, 5.74) is 20.6. The van der Waals surface area contributed by atoms with E-state index >= 15 is 0 Å². The van der Waals surface area contributed by atoms with Crippen molar-refractivity contribution in [3.63, 3.8) is 0 Å². The molecule has 12 rings (SSSR count). The predicted molar refractivity (Wildman–Crippen MR) is 318 cm³/mol. The van der Waals surface area contributed by atoms with Crippen LogP contribution in [-0.2, 0) is 0 Å². The van der Waals surface area contributed by atoms with Crippen molar-refractivity contribution in [1.82, 2.24) is 4.40 Å². The fraction of sp³-hybridized carbons (Fsp3) is 0.257. The quantitative estimate of drug-likeness (QED) is 0.129. The number of fused-ring (bicyclic) bond motifs is 9. The first-order valence-electron chi connectivity index (χ1n) is 26.7. The summed E-state index contributed by atoms with van der Waals surface area (Å²) < 4.78 is 2.55. The molecule has 1 nitrogen and oxygen atoms in total. The molecule has 0 amide bonds. The highest BCUT2D eigenvalue weighted by Gasteiger charge is 2.28. The van der Waals surface area contributed by atoms with Gasteiger partial charge in [-0.05, 0) is 166 Å². The maximum Gasteiger partial charge on any atom is 0.0620 e. The van der Waals surface area contributed by atoms with Gasteiger partial charge >= 0.3 is 0 Å². The van der Waals surface area contributed by atoms with E-state index in [0.29, 0.717) is 23.7 Å². The fourth-order valence-corrected chi connectivity index (χ4v) is 13.9. The van der Waals surface area contributed by atoms with Gasteiger partial charge in [0.05, 0.1) is 16.6 Å². The van der Waals surface area contributed by atoms with Crippen molar-refractivity contribution < 1.29 is 0 Å². The number of thiophene rings is 1. The normalized spacial score (nSPS) is 12.6. The molecule has 0 fully saturated rings. The van der Waals surface area contributed by atoms with Crippen LogP contribution in [0.15, 0.2) is 152 Å². The lowest BCUT2D eigenvalue weighted by atomic mass is 9.82. The Morgan fingerprint density at radius 1 is 0.292 bits per heavy atom. The third-order valence-electron chi connectivity index (χ3n) is 16.1. The minimum atomic E-state index is 0.289. The van der Waals surface area contributed by atoms with E-state index in [2.05, 4.69) is 239 Å². The first-order valence-corrected chi connectivity index (χ1v) is 27.6. The number of benzene rings is 9. The Balaban J connectivity index is 1.15. The first-order chi connectivity index (χ1) is 34.7. The molecule has 12 aromatic rings. The summed E-state index contributed by atoms with van der Waals surface area (Å²) in [4.78, 5) is 2.80. The highest BCUT2D eigenvalue weighted by atomic mass is 32.1. The molecule has 0 unspecified atom stereocenters. The van der Waals surface area contributed by atoms with Crippen LogP contribution in [0.5, 0.6) is 0 Å². The molecule has 0 saturated heterocycles. The SMILES string of the molecule is CC(C)c1cccc(C(C)C)c1-c1ccc2c(-c3c(C(C)C)cc(-c4cc5c6cc7ccccc7cc6n6c7cc8ccccc8cc7c(c4)c56)cc3C(C)C)sc(-c3c(C(C)C)cccc3C(C)C)c2c1. The van der Waals surface area contributed by atoms with Crippen LogP contribution in [0.1, 0.15) is 152 Å². The van der Waals surface area contributed by atoms with Crippen LogP contribution in [0.4, 0.5) is 0 Å². The van der Waals surface area contributed by atoms with Crippen molar-refractivity contribution in [1.29, 1.82) is 0 Å². The molecule has 0 aliphatic heterocycles. The van der Waals surface area contributed by atoms with Crippen LogP contribution in [0.3, 0.4) is 0 Å². The Bertz CT molecular complexity index is 3900. The second-order valence-corrected chi connectivity index (χ2v) is 23.8. The highest BCUT2D eigenvalue weighted by Crippen LogP contribution is 2.54. The summed E-state index contributed by atoms with van der Waals surface area (Å²) in [6, 6.07) is 59.1. The molecule has 9 aromatic carbocycles. The lowest BCUT2D eigenvalue weighted by Crippen LogP contribution is -2.01. The van der Waals surface area contributed by atoms with Crippen LogP contribution in [-0.4, -0.2) is 4.40 Å². The summed E-state index contributed by atoms with van der Waals surface area (Å²) in [5.74, 6) is 2.15. The Labute approximate surface area is 430 Å². The minimum Gasteiger partial charge on any atom is -0.308 e. The summed E-state index contributed by atoms with van der Waals surface area (Å²) in [6.07, 6.45) is 0. The van der Waals surface area contributed by atoms with E-state index < -0.39 is 0 Å². The number of aromatic nitrogens is 1. The fourth-order valence-electron chi connectivity index (χ4n) is 12.5. The zero-order valence-electron chi connectivity index (χ0n) is 44.3. The van der Waals surface area contributed by atoms with Gasteiger partial charge in [-0.15, -0.1) is 11.3 Å². The van der Waals surface area contributed by atoms with Gasteiger partial charge in [0.15, 0.2) is 0 Å². The Hall–Kier alpha value is -6.74. The maximum absolute atomic E-state index is 2.58. The third-order valence-corrected chi connectivity index (χ3v) is 17.4. The van der Waals surface area contributed by atoms with E-state index in [0.717, 1.165) is 0 Å². The van der Waals surface area contributed by atoms with Crippen molar-refractivity contribution in [3.8, 4) is 43.1 Å². The minimum absolute atomic E-state index is 0.289. The summed E-state index contributed by atoms with van der Waals surface area (Å²) in [7, 11) is 0. The smallest absolute Gasteiger partial charge is 0.0620 e. The predicted octanol–water partition coefficient (Wildman–Crippen LogP) is 21.8. The molecule has 0 atom stereocenters. The summed E-state index contributed by atoms with van der Waals surface area (Å²) >= 11 is 2.04. The van der Waals surface area contributed by atoms with E-state index in [9.17, 15) is 0 Å². The van der Waals surface area contributed by atoms with Crippen molar-refractivity contribution in [2.45, 2.75) is 119 Å². The standard InChI is InChI=1S/C70H67NS/c1-38(2)51-23-17-24-52(39(3)4)65(51)48-27-28-55-62(31-48)70(66-53(40(5)6)25-18-26-54(66)41(7)8)72-69(55)67-56(42(9)10)32-49(33-57(67)43(11)12)50-34-60-58-29-44-19-13-15-21-46(44)36-63(58)71-64-37-47-22-16-14-20-45(47)30-59(64)61(35-50)68(60)71/h13-43H,1-12H3. The monoisotopic (exact) mass is 953 g/mol. The molecule has 0 radical (unpaired) electrons.